The van der Waals surface area contributed by atoms with E-state index in [0.29, 0.717) is 11.3 Å². The first kappa shape index (κ1) is 29.7. The molecule has 0 fully saturated rings. The summed E-state index contributed by atoms with van der Waals surface area (Å²) in [7, 11) is 0. The Morgan fingerprint density at radius 3 is 2.05 bits per heavy atom. The van der Waals surface area contributed by atoms with Gasteiger partial charge in [0.15, 0.2) is 6.04 Å². The molecule has 15 heteroatoms. The lowest BCUT2D eigenvalue weighted by atomic mass is 10.0. The van der Waals surface area contributed by atoms with E-state index in [-0.39, 0.29) is 18.6 Å². The van der Waals surface area contributed by atoms with Gasteiger partial charge in [-0.2, -0.15) is 0 Å². The zero-order chi connectivity index (χ0) is 28.4. The molecule has 0 saturated carbocycles. The molecule has 0 aliphatic heterocycles. The number of nitrogens with zero attached hydrogens (tertiary/aromatic N) is 1. The number of aromatic hydroxyl groups is 1. The lowest BCUT2D eigenvalue weighted by molar-refractivity contribution is -0.145. The fraction of sp³-hybridized carbons (Fsp3) is 0.391. The Morgan fingerprint density at radius 1 is 0.947 bits per heavy atom. The maximum atomic E-state index is 13.3. The van der Waals surface area contributed by atoms with E-state index < -0.39 is 66.4 Å². The number of imidazole rings is 1. The number of carboxylic acids is 2. The normalized spacial score (nSPS) is 14.8. The van der Waals surface area contributed by atoms with Crippen LogP contribution in [0.2, 0.25) is 0 Å². The Labute approximate surface area is 216 Å². The van der Waals surface area contributed by atoms with Crippen LogP contribution in [-0.2, 0) is 36.8 Å². The standard InChI is InChI=1S/C23H30N6O9/c1-11(30)19(23(37)38)29-22(36)16(6-12-2-4-14(31)5-3-12)28-21(35)17(7-13-9-25-10-26-13)27-20(34)15(24)8-18(32)33/h2-5,9-11,15-17,19,30-31H,6-8,24H2,1H3,(H,25,26)(H,27,34)(H,28,35)(H,29,36)(H,32,33)(H,37,38). The van der Waals surface area contributed by atoms with Gasteiger partial charge in [-0.1, -0.05) is 12.1 Å². The second-order valence-electron chi connectivity index (χ2n) is 8.54. The molecule has 10 N–H and O–H groups in total. The fourth-order valence-corrected chi connectivity index (χ4v) is 3.38. The van der Waals surface area contributed by atoms with E-state index in [0.717, 1.165) is 0 Å². The van der Waals surface area contributed by atoms with Crippen LogP contribution in [0.1, 0.15) is 24.6 Å². The summed E-state index contributed by atoms with van der Waals surface area (Å²) in [4.78, 5) is 67.7. The van der Waals surface area contributed by atoms with Crippen LogP contribution in [0, 0.1) is 0 Å². The summed E-state index contributed by atoms with van der Waals surface area (Å²) >= 11 is 0. The summed E-state index contributed by atoms with van der Waals surface area (Å²) in [5.74, 6) is -5.59. The molecule has 15 nitrogen and oxygen atoms in total. The smallest absolute Gasteiger partial charge is 0.328 e. The van der Waals surface area contributed by atoms with Crippen LogP contribution in [0.4, 0.5) is 0 Å². The lowest BCUT2D eigenvalue weighted by Gasteiger charge is -2.25. The average molecular weight is 535 g/mol. The van der Waals surface area contributed by atoms with Crippen molar-refractivity contribution in [1.29, 1.82) is 0 Å². The largest absolute Gasteiger partial charge is 0.508 e. The molecule has 0 aliphatic rings. The van der Waals surface area contributed by atoms with Gasteiger partial charge < -0.3 is 47.1 Å². The highest BCUT2D eigenvalue weighted by molar-refractivity contribution is 5.95. The van der Waals surface area contributed by atoms with Crippen LogP contribution in [0.5, 0.6) is 5.75 Å². The van der Waals surface area contributed by atoms with E-state index in [2.05, 4.69) is 25.9 Å². The minimum absolute atomic E-state index is 0.0427. The number of carbonyl (C=O) groups excluding carboxylic acids is 3. The summed E-state index contributed by atoms with van der Waals surface area (Å²) in [6.45, 7) is 1.17. The SMILES string of the molecule is CC(O)C(NC(=O)C(Cc1ccc(O)cc1)NC(=O)C(Cc1cnc[nH]1)NC(=O)C(N)CC(=O)O)C(=O)O. The number of aliphatic carboxylic acids is 2. The van der Waals surface area contributed by atoms with Gasteiger partial charge in [-0.3, -0.25) is 19.2 Å². The number of aliphatic hydroxyl groups is 1. The van der Waals surface area contributed by atoms with Gasteiger partial charge in [-0.05, 0) is 24.6 Å². The molecular formula is C23H30N6O9. The molecule has 5 unspecified atom stereocenters. The molecule has 0 saturated heterocycles. The van der Waals surface area contributed by atoms with Crippen molar-refractivity contribution in [3.8, 4) is 5.75 Å². The summed E-state index contributed by atoms with van der Waals surface area (Å²) in [5, 5.41) is 44.5. The Kier molecular flexibility index (Phi) is 10.7. The van der Waals surface area contributed by atoms with Crippen molar-refractivity contribution in [3.63, 3.8) is 0 Å². The number of H-pyrrole nitrogens is 1. The quantitative estimate of drug-likeness (QED) is 0.124. The number of amides is 3. The van der Waals surface area contributed by atoms with E-state index in [9.17, 15) is 39.3 Å². The number of phenolic OH excluding ortho intramolecular Hbond substituents is 1. The number of carboxylic acid groups (broad SMARTS) is 2. The molecule has 0 bridgehead atoms. The van der Waals surface area contributed by atoms with Gasteiger partial charge in [0.1, 0.15) is 17.8 Å². The maximum absolute atomic E-state index is 13.3. The van der Waals surface area contributed by atoms with Gasteiger partial charge in [-0.25, -0.2) is 9.78 Å². The zero-order valence-corrected chi connectivity index (χ0v) is 20.3. The molecule has 2 rings (SSSR count). The number of hydrogen-bond acceptors (Lipinski definition) is 9. The van der Waals surface area contributed by atoms with Gasteiger partial charge in [0.05, 0.1) is 24.9 Å². The number of rotatable bonds is 14. The third-order valence-electron chi connectivity index (χ3n) is 5.40. The van der Waals surface area contributed by atoms with Gasteiger partial charge >= 0.3 is 11.9 Å². The minimum atomic E-state index is -1.67. The van der Waals surface area contributed by atoms with Gasteiger partial charge in [0.25, 0.3) is 0 Å². The highest BCUT2D eigenvalue weighted by Crippen LogP contribution is 2.12. The van der Waals surface area contributed by atoms with Crippen LogP contribution in [0.25, 0.3) is 0 Å². The molecule has 1 aromatic heterocycles. The zero-order valence-electron chi connectivity index (χ0n) is 20.3. The Balaban J connectivity index is 2.30. The topological polar surface area (TPSA) is 257 Å². The second-order valence-corrected chi connectivity index (χ2v) is 8.54. The van der Waals surface area contributed by atoms with Crippen molar-refractivity contribution < 1.29 is 44.4 Å². The third-order valence-corrected chi connectivity index (χ3v) is 5.40. The molecule has 5 atom stereocenters. The number of nitrogens with one attached hydrogen (secondary N) is 4. The minimum Gasteiger partial charge on any atom is -0.508 e. The number of phenols is 1. The number of aromatic amines is 1. The third kappa shape index (κ3) is 9.18. The predicted octanol–water partition coefficient (Wildman–Crippen LogP) is -2.38. The first-order valence-corrected chi connectivity index (χ1v) is 11.4. The highest BCUT2D eigenvalue weighted by Gasteiger charge is 2.32. The van der Waals surface area contributed by atoms with Crippen molar-refractivity contribution in [2.24, 2.45) is 5.73 Å². The van der Waals surface area contributed by atoms with E-state index in [1.54, 1.807) is 0 Å². The van der Waals surface area contributed by atoms with Crippen molar-refractivity contribution >= 4 is 29.7 Å². The molecule has 1 heterocycles. The number of carbonyl (C=O) groups is 5. The number of hydrogen-bond donors (Lipinski definition) is 9. The molecule has 3 amide bonds. The van der Waals surface area contributed by atoms with E-state index in [4.69, 9.17) is 10.8 Å². The van der Waals surface area contributed by atoms with Crippen molar-refractivity contribution in [1.82, 2.24) is 25.9 Å². The Bertz CT molecular complexity index is 1120. The van der Waals surface area contributed by atoms with E-state index >= 15 is 0 Å². The molecular weight excluding hydrogens is 504 g/mol. The predicted molar refractivity (Wildman–Crippen MR) is 129 cm³/mol. The average Bonchev–Trinajstić information content (AvgIpc) is 3.35. The molecule has 206 valence electrons. The fourth-order valence-electron chi connectivity index (χ4n) is 3.38. The molecule has 38 heavy (non-hydrogen) atoms. The number of aliphatic hydroxyl groups excluding tert-OH is 1. The number of aromatic nitrogens is 2. The Hall–Kier alpha value is -4.50. The summed E-state index contributed by atoms with van der Waals surface area (Å²) in [6.07, 6.45) is 0.315. The second kappa shape index (κ2) is 13.7. The van der Waals surface area contributed by atoms with E-state index in [1.807, 2.05) is 0 Å². The summed E-state index contributed by atoms with van der Waals surface area (Å²) in [6, 6.07) is -0.148. The molecule has 1 aromatic carbocycles. The summed E-state index contributed by atoms with van der Waals surface area (Å²) < 4.78 is 0. The van der Waals surface area contributed by atoms with Crippen LogP contribution in [-0.4, -0.2) is 90.3 Å². The van der Waals surface area contributed by atoms with Crippen LogP contribution in [0.3, 0.4) is 0 Å². The van der Waals surface area contributed by atoms with Crippen molar-refractivity contribution in [2.75, 3.05) is 0 Å². The number of benzene rings is 1. The van der Waals surface area contributed by atoms with Gasteiger partial charge in [0.2, 0.25) is 17.7 Å². The molecule has 0 spiro atoms. The molecule has 0 radical (unpaired) electrons. The van der Waals surface area contributed by atoms with Gasteiger partial charge in [0, 0.05) is 24.7 Å². The molecule has 0 aliphatic carbocycles. The lowest BCUT2D eigenvalue weighted by Crippen LogP contribution is -2.59. The highest BCUT2D eigenvalue weighted by atomic mass is 16.4. The summed E-state index contributed by atoms with van der Waals surface area (Å²) in [5.41, 5.74) is 6.52. The van der Waals surface area contributed by atoms with Crippen LogP contribution >= 0.6 is 0 Å². The number of nitrogens with two attached hydrogens (primary N) is 1. The maximum Gasteiger partial charge on any atom is 0.328 e. The monoisotopic (exact) mass is 534 g/mol. The first-order valence-electron chi connectivity index (χ1n) is 11.4. The first-order chi connectivity index (χ1) is 17.9. The van der Waals surface area contributed by atoms with Crippen molar-refractivity contribution in [2.45, 2.75) is 56.5 Å². The van der Waals surface area contributed by atoms with Crippen LogP contribution < -0.4 is 21.7 Å². The molecule has 2 aromatic rings. The van der Waals surface area contributed by atoms with Crippen LogP contribution in [0.15, 0.2) is 36.8 Å². The Morgan fingerprint density at radius 2 is 1.53 bits per heavy atom. The van der Waals surface area contributed by atoms with E-state index in [1.165, 1.54) is 43.7 Å². The van der Waals surface area contributed by atoms with Crippen molar-refractivity contribution in [3.05, 3.63) is 48.0 Å². The van der Waals surface area contributed by atoms with Gasteiger partial charge in [-0.15, -0.1) is 0 Å².